The first-order valence-corrected chi connectivity index (χ1v) is 10.7. The third-order valence-corrected chi connectivity index (χ3v) is 5.92. The number of amides is 1. The number of anilines is 1. The molecule has 0 radical (unpaired) electrons. The number of halogens is 1. The van der Waals surface area contributed by atoms with E-state index in [1.807, 2.05) is 53.3 Å². The Morgan fingerprint density at radius 2 is 1.86 bits per heavy atom. The van der Waals surface area contributed by atoms with E-state index in [0.29, 0.717) is 10.8 Å². The Kier molecular flexibility index (Phi) is 5.73. The fourth-order valence-electron chi connectivity index (χ4n) is 2.72. The molecule has 5 nitrogen and oxygen atoms in total. The average molecular weight is 425 g/mol. The molecule has 0 saturated carbocycles. The number of carbonyl (C=O) groups excluding carboxylic acids is 1. The molecule has 2 aromatic carbocycles. The van der Waals surface area contributed by atoms with E-state index < -0.39 is 0 Å². The van der Waals surface area contributed by atoms with E-state index >= 15 is 0 Å². The number of carbonyl (C=O) groups is 1. The molecule has 1 amide bonds. The smallest absolute Gasteiger partial charge is 0.234 e. The molecule has 4 aromatic rings. The lowest BCUT2D eigenvalue weighted by atomic mass is 10.2. The van der Waals surface area contributed by atoms with Gasteiger partial charge in [-0.2, -0.15) is 0 Å². The number of nitrogens with zero attached hydrogens (tertiary/aromatic N) is 3. The summed E-state index contributed by atoms with van der Waals surface area (Å²) in [6.45, 7) is 2.03. The van der Waals surface area contributed by atoms with Crippen molar-refractivity contribution in [1.29, 1.82) is 0 Å². The van der Waals surface area contributed by atoms with Gasteiger partial charge in [-0.15, -0.1) is 21.5 Å². The van der Waals surface area contributed by atoms with Crippen molar-refractivity contribution in [3.8, 4) is 16.4 Å². The summed E-state index contributed by atoms with van der Waals surface area (Å²) in [4.78, 5) is 13.3. The minimum Gasteiger partial charge on any atom is -0.325 e. The van der Waals surface area contributed by atoms with Crippen LogP contribution in [0.15, 0.2) is 71.2 Å². The van der Waals surface area contributed by atoms with Crippen LogP contribution in [0.4, 0.5) is 10.1 Å². The number of benzene rings is 2. The van der Waals surface area contributed by atoms with Gasteiger partial charge in [0.05, 0.1) is 10.6 Å². The zero-order valence-electron chi connectivity index (χ0n) is 15.5. The maximum Gasteiger partial charge on any atom is 0.234 e. The summed E-state index contributed by atoms with van der Waals surface area (Å²) in [5, 5.41) is 14.1. The van der Waals surface area contributed by atoms with Crippen molar-refractivity contribution < 1.29 is 9.18 Å². The molecule has 0 saturated heterocycles. The molecule has 0 aliphatic carbocycles. The van der Waals surface area contributed by atoms with Crippen molar-refractivity contribution in [2.75, 3.05) is 11.1 Å². The van der Waals surface area contributed by atoms with E-state index in [2.05, 4.69) is 15.5 Å². The van der Waals surface area contributed by atoms with Crippen molar-refractivity contribution >= 4 is 34.7 Å². The lowest BCUT2D eigenvalue weighted by Crippen LogP contribution is -2.14. The van der Waals surface area contributed by atoms with Crippen LogP contribution >= 0.6 is 23.1 Å². The molecule has 0 bridgehead atoms. The average Bonchev–Trinajstić information content (AvgIpc) is 3.38. The number of nitrogens with one attached hydrogen (secondary N) is 1. The van der Waals surface area contributed by atoms with E-state index in [9.17, 15) is 9.18 Å². The van der Waals surface area contributed by atoms with Gasteiger partial charge in [0.2, 0.25) is 5.91 Å². The molecule has 4 rings (SSSR count). The third kappa shape index (κ3) is 4.55. The van der Waals surface area contributed by atoms with Crippen LogP contribution in [0.1, 0.15) is 5.56 Å². The fraction of sp³-hybridized carbons (Fsp3) is 0.0952. The summed E-state index contributed by atoms with van der Waals surface area (Å²) < 4.78 is 15.0. The van der Waals surface area contributed by atoms with Crippen molar-refractivity contribution in [3.63, 3.8) is 0 Å². The van der Waals surface area contributed by atoms with Gasteiger partial charge in [-0.05, 0) is 54.8 Å². The zero-order valence-corrected chi connectivity index (χ0v) is 17.1. The molecule has 0 aliphatic heterocycles. The molecule has 29 heavy (non-hydrogen) atoms. The highest BCUT2D eigenvalue weighted by molar-refractivity contribution is 7.99. The molecule has 0 aliphatic rings. The second-order valence-electron chi connectivity index (χ2n) is 6.30. The SMILES string of the molecule is Cc1ccc(-n2c(SCC(=O)Nc3ccc(F)cc3)nnc2-c2cccs2)cc1. The summed E-state index contributed by atoms with van der Waals surface area (Å²) in [7, 11) is 0. The lowest BCUT2D eigenvalue weighted by Gasteiger charge is -2.10. The van der Waals surface area contributed by atoms with E-state index in [1.54, 1.807) is 11.3 Å². The number of aromatic nitrogens is 3. The molecular weight excluding hydrogens is 407 g/mol. The van der Waals surface area contributed by atoms with Crippen LogP contribution in [0.2, 0.25) is 0 Å². The standard InChI is InChI=1S/C21H17FN4OS2/c1-14-4-10-17(11-5-14)26-20(18-3-2-12-28-18)24-25-21(26)29-13-19(27)23-16-8-6-15(22)7-9-16/h2-12H,13H2,1H3,(H,23,27). The molecule has 1 N–H and O–H groups in total. The predicted molar refractivity (Wildman–Crippen MR) is 115 cm³/mol. The summed E-state index contributed by atoms with van der Waals surface area (Å²) in [5.74, 6) is 0.360. The molecule has 0 unspecified atom stereocenters. The summed E-state index contributed by atoms with van der Waals surface area (Å²) >= 11 is 2.89. The number of hydrogen-bond donors (Lipinski definition) is 1. The number of thioether (sulfide) groups is 1. The Morgan fingerprint density at radius 3 is 2.55 bits per heavy atom. The topological polar surface area (TPSA) is 59.8 Å². The molecule has 0 fully saturated rings. The first kappa shape index (κ1) is 19.4. The quantitative estimate of drug-likeness (QED) is 0.434. The molecule has 8 heteroatoms. The number of hydrogen-bond acceptors (Lipinski definition) is 5. The van der Waals surface area contributed by atoms with E-state index in [4.69, 9.17) is 0 Å². The third-order valence-electron chi connectivity index (χ3n) is 4.13. The van der Waals surface area contributed by atoms with Gasteiger partial charge in [0.1, 0.15) is 5.82 Å². The lowest BCUT2D eigenvalue weighted by molar-refractivity contribution is -0.113. The van der Waals surface area contributed by atoms with Crippen LogP contribution < -0.4 is 5.32 Å². The van der Waals surface area contributed by atoms with E-state index in [1.165, 1.54) is 36.0 Å². The highest BCUT2D eigenvalue weighted by Crippen LogP contribution is 2.30. The van der Waals surface area contributed by atoms with Gasteiger partial charge in [-0.3, -0.25) is 9.36 Å². The normalized spacial score (nSPS) is 10.8. The highest BCUT2D eigenvalue weighted by Gasteiger charge is 2.18. The van der Waals surface area contributed by atoms with Crippen LogP contribution in [-0.4, -0.2) is 26.4 Å². The highest BCUT2D eigenvalue weighted by atomic mass is 32.2. The van der Waals surface area contributed by atoms with Crippen LogP contribution in [0, 0.1) is 12.7 Å². The molecule has 146 valence electrons. The number of rotatable bonds is 6. The molecule has 2 heterocycles. The van der Waals surface area contributed by atoms with Gasteiger partial charge in [-0.1, -0.05) is 35.5 Å². The maximum absolute atomic E-state index is 13.0. The predicted octanol–water partition coefficient (Wildman–Crippen LogP) is 5.17. The van der Waals surface area contributed by atoms with Crippen molar-refractivity contribution in [1.82, 2.24) is 14.8 Å². The Balaban J connectivity index is 1.56. The fourth-order valence-corrected chi connectivity index (χ4v) is 4.17. The summed E-state index contributed by atoms with van der Waals surface area (Å²) in [6, 6.07) is 17.7. The van der Waals surface area contributed by atoms with Gasteiger partial charge < -0.3 is 5.32 Å². The Bertz CT molecular complexity index is 1110. The molecule has 0 spiro atoms. The minimum atomic E-state index is -0.343. The number of aryl methyl sites for hydroxylation is 1. The second-order valence-corrected chi connectivity index (χ2v) is 8.19. The summed E-state index contributed by atoms with van der Waals surface area (Å²) in [5.41, 5.74) is 2.65. The largest absolute Gasteiger partial charge is 0.325 e. The van der Waals surface area contributed by atoms with Gasteiger partial charge >= 0.3 is 0 Å². The van der Waals surface area contributed by atoms with E-state index in [0.717, 1.165) is 22.0 Å². The number of thiophene rings is 1. The monoisotopic (exact) mass is 424 g/mol. The van der Waals surface area contributed by atoms with Crippen molar-refractivity contribution in [2.45, 2.75) is 12.1 Å². The zero-order chi connectivity index (χ0) is 20.2. The minimum absolute atomic E-state index is 0.159. The Morgan fingerprint density at radius 1 is 1.10 bits per heavy atom. The van der Waals surface area contributed by atoms with E-state index in [-0.39, 0.29) is 17.5 Å². The molecular formula is C21H17FN4OS2. The van der Waals surface area contributed by atoms with Gasteiger partial charge in [0, 0.05) is 11.4 Å². The first-order valence-electron chi connectivity index (χ1n) is 8.85. The first-order chi connectivity index (χ1) is 14.1. The second kappa shape index (κ2) is 8.59. The van der Waals surface area contributed by atoms with Crippen molar-refractivity contribution in [2.24, 2.45) is 0 Å². The van der Waals surface area contributed by atoms with Crippen LogP contribution in [0.25, 0.3) is 16.4 Å². The van der Waals surface area contributed by atoms with Gasteiger partial charge in [0.15, 0.2) is 11.0 Å². The van der Waals surface area contributed by atoms with Crippen LogP contribution in [0.5, 0.6) is 0 Å². The van der Waals surface area contributed by atoms with Crippen molar-refractivity contribution in [3.05, 3.63) is 77.4 Å². The molecule has 2 aromatic heterocycles. The maximum atomic E-state index is 13.0. The summed E-state index contributed by atoms with van der Waals surface area (Å²) in [6.07, 6.45) is 0. The Labute approximate surface area is 175 Å². The van der Waals surface area contributed by atoms with Crippen LogP contribution in [-0.2, 0) is 4.79 Å². The Hall–Kier alpha value is -2.97. The van der Waals surface area contributed by atoms with Gasteiger partial charge in [-0.25, -0.2) is 4.39 Å². The van der Waals surface area contributed by atoms with Gasteiger partial charge in [0.25, 0.3) is 0 Å². The van der Waals surface area contributed by atoms with Crippen LogP contribution in [0.3, 0.4) is 0 Å². The molecule has 0 atom stereocenters.